The highest BCUT2D eigenvalue weighted by Crippen LogP contribution is 2.52. The van der Waals surface area contributed by atoms with Gasteiger partial charge < -0.3 is 19.5 Å². The highest BCUT2D eigenvalue weighted by Gasteiger charge is 2.60. The second kappa shape index (κ2) is 7.81. The Morgan fingerprint density at radius 1 is 1.37 bits per heavy atom. The van der Waals surface area contributed by atoms with Gasteiger partial charge in [0.05, 0.1) is 13.2 Å². The number of carbonyl (C=O) groups excluding carboxylic acids is 1. The lowest BCUT2D eigenvalue weighted by Crippen LogP contribution is -2.71. The molecule has 8 heteroatoms. The van der Waals surface area contributed by atoms with Crippen LogP contribution in [0.15, 0.2) is 55.1 Å². The van der Waals surface area contributed by atoms with Gasteiger partial charge in [-0.25, -0.2) is 0 Å². The van der Waals surface area contributed by atoms with Crippen molar-refractivity contribution < 1.29 is 19.0 Å². The Morgan fingerprint density at radius 2 is 2.10 bits per heavy atom. The Balaban J connectivity index is 1.89. The van der Waals surface area contributed by atoms with Crippen molar-refractivity contribution in [3.63, 3.8) is 0 Å². The van der Waals surface area contributed by atoms with E-state index in [1.807, 2.05) is 37.3 Å². The van der Waals surface area contributed by atoms with Gasteiger partial charge >= 0.3 is 5.97 Å². The maximum Gasteiger partial charge on any atom is 0.317 e. The number of methoxy groups -OCH3 is 1. The van der Waals surface area contributed by atoms with Crippen LogP contribution in [-0.2, 0) is 9.53 Å². The normalized spacial score (nSPS) is 24.2. The van der Waals surface area contributed by atoms with Gasteiger partial charge in [-0.3, -0.25) is 9.69 Å². The lowest BCUT2D eigenvalue weighted by atomic mass is 9.79. The number of nitrogens with one attached hydrogen (secondary N) is 1. The molecule has 0 spiro atoms. The average molecular weight is 445 g/mol. The third-order valence-corrected chi connectivity index (χ3v) is 5.94. The van der Waals surface area contributed by atoms with Gasteiger partial charge in [-0.15, -0.1) is 0 Å². The minimum Gasteiger partial charge on any atom is -0.493 e. The number of nitrogens with zero attached hydrogens (tertiary/aromatic N) is 1. The zero-order valence-electron chi connectivity index (χ0n) is 16.6. The molecule has 0 amide bonds. The molecule has 30 heavy (non-hydrogen) atoms. The van der Waals surface area contributed by atoms with E-state index >= 15 is 0 Å². The van der Waals surface area contributed by atoms with Crippen LogP contribution in [0.2, 0.25) is 5.02 Å². The van der Waals surface area contributed by atoms with Crippen LogP contribution in [0.1, 0.15) is 18.5 Å². The number of hydrogen-bond acceptors (Lipinski definition) is 5. The Bertz CT molecular complexity index is 1010. The Hall–Kier alpha value is -2.77. The van der Waals surface area contributed by atoms with E-state index in [1.165, 1.54) is 6.08 Å². The summed E-state index contributed by atoms with van der Waals surface area (Å²) in [7, 11) is 1.58. The van der Waals surface area contributed by atoms with Crippen molar-refractivity contribution in [1.29, 1.82) is 0 Å². The second-order valence-electron chi connectivity index (χ2n) is 7.17. The van der Waals surface area contributed by atoms with Crippen molar-refractivity contribution in [2.45, 2.75) is 18.7 Å². The summed E-state index contributed by atoms with van der Waals surface area (Å²) in [4.78, 5) is 14.9. The van der Waals surface area contributed by atoms with Gasteiger partial charge in [0.1, 0.15) is 12.5 Å². The van der Waals surface area contributed by atoms with Gasteiger partial charge in [0, 0.05) is 16.3 Å². The summed E-state index contributed by atoms with van der Waals surface area (Å²) in [5, 5.41) is 4.34. The smallest absolute Gasteiger partial charge is 0.317 e. The van der Waals surface area contributed by atoms with Crippen LogP contribution in [0.4, 0.5) is 5.69 Å². The molecule has 6 nitrogen and oxygen atoms in total. The van der Waals surface area contributed by atoms with Crippen molar-refractivity contribution in [3.8, 4) is 11.5 Å². The van der Waals surface area contributed by atoms with Crippen LogP contribution in [0.5, 0.6) is 11.5 Å². The standard InChI is InChI=1S/C22H21ClN2O4S/c1-4-12-28-20(26)17-18-15-6-5-7-16(27-3)19(15)29-22(17,2)25(21(30)24-18)14-10-8-13(23)9-11-14/h4-11,17-18H,1,12H2,2-3H3,(H,24,30)/t17-,18-,22-/m0/s1. The summed E-state index contributed by atoms with van der Waals surface area (Å²) < 4.78 is 17.5. The lowest BCUT2D eigenvalue weighted by molar-refractivity contribution is -0.159. The molecule has 1 fully saturated rings. The van der Waals surface area contributed by atoms with Crippen LogP contribution in [-0.4, -0.2) is 30.5 Å². The van der Waals surface area contributed by atoms with Gasteiger partial charge in [0.2, 0.25) is 5.72 Å². The number of para-hydroxylation sites is 1. The van der Waals surface area contributed by atoms with Crippen molar-refractivity contribution in [1.82, 2.24) is 5.32 Å². The molecule has 3 atom stereocenters. The molecule has 1 saturated heterocycles. The number of halogens is 1. The molecule has 2 aliphatic rings. The van der Waals surface area contributed by atoms with Crippen LogP contribution in [0, 0.1) is 5.92 Å². The third kappa shape index (κ3) is 3.18. The number of rotatable bonds is 5. The Labute approximate surface area is 185 Å². The monoisotopic (exact) mass is 444 g/mol. The molecule has 156 valence electrons. The minimum absolute atomic E-state index is 0.106. The summed E-state index contributed by atoms with van der Waals surface area (Å²) in [5.41, 5.74) is 0.351. The molecule has 2 heterocycles. The summed E-state index contributed by atoms with van der Waals surface area (Å²) in [6.07, 6.45) is 1.53. The highest BCUT2D eigenvalue weighted by molar-refractivity contribution is 7.80. The van der Waals surface area contributed by atoms with Gasteiger partial charge in [-0.1, -0.05) is 36.4 Å². The molecule has 2 aromatic carbocycles. The fourth-order valence-corrected chi connectivity index (χ4v) is 4.64. The molecule has 0 radical (unpaired) electrons. The van der Waals surface area contributed by atoms with E-state index < -0.39 is 23.7 Å². The summed E-state index contributed by atoms with van der Waals surface area (Å²) >= 11 is 11.8. The van der Waals surface area contributed by atoms with Crippen molar-refractivity contribution in [2.24, 2.45) is 5.92 Å². The quantitative estimate of drug-likeness (QED) is 0.420. The molecule has 0 unspecified atom stereocenters. The number of esters is 1. The number of carbonyl (C=O) groups is 1. The molecule has 2 aliphatic heterocycles. The van der Waals surface area contributed by atoms with Crippen molar-refractivity contribution in [2.75, 3.05) is 18.6 Å². The summed E-state index contributed by atoms with van der Waals surface area (Å²) in [6, 6.07) is 12.3. The van der Waals surface area contributed by atoms with E-state index in [1.54, 1.807) is 24.1 Å². The fourth-order valence-electron chi connectivity index (χ4n) is 4.10. The average Bonchev–Trinajstić information content (AvgIpc) is 2.72. The van der Waals surface area contributed by atoms with Crippen LogP contribution in [0.25, 0.3) is 0 Å². The molecular formula is C22H21ClN2O4S. The van der Waals surface area contributed by atoms with E-state index in [4.69, 9.17) is 38.0 Å². The first-order chi connectivity index (χ1) is 14.4. The number of hydrogen-bond donors (Lipinski definition) is 1. The minimum atomic E-state index is -1.17. The third-order valence-electron chi connectivity index (χ3n) is 5.39. The SMILES string of the molecule is C=CCOC(=O)[C@@H]1[C@H]2NC(=S)N(c3ccc(Cl)cc3)[C@@]1(C)Oc1c(OC)cccc12. The second-order valence-corrected chi connectivity index (χ2v) is 7.99. The summed E-state index contributed by atoms with van der Waals surface area (Å²) in [6.45, 7) is 5.56. The zero-order chi connectivity index (χ0) is 21.5. The Morgan fingerprint density at radius 3 is 2.77 bits per heavy atom. The largest absolute Gasteiger partial charge is 0.493 e. The number of ether oxygens (including phenoxy) is 3. The molecular weight excluding hydrogens is 424 g/mol. The van der Waals surface area contributed by atoms with Crippen molar-refractivity contribution >= 4 is 40.6 Å². The molecule has 2 aromatic rings. The molecule has 0 aliphatic carbocycles. The van der Waals surface area contributed by atoms with E-state index in [9.17, 15) is 4.79 Å². The number of thiocarbonyl (C=S) groups is 1. The predicted molar refractivity (Wildman–Crippen MR) is 119 cm³/mol. The first kappa shape index (κ1) is 20.5. The highest BCUT2D eigenvalue weighted by atomic mass is 35.5. The molecule has 4 rings (SSSR count). The number of benzene rings is 2. The lowest BCUT2D eigenvalue weighted by Gasteiger charge is -2.55. The maximum atomic E-state index is 13.2. The first-order valence-corrected chi connectivity index (χ1v) is 10.2. The van der Waals surface area contributed by atoms with Crippen LogP contribution >= 0.6 is 23.8 Å². The van der Waals surface area contributed by atoms with Gasteiger partial charge in [-0.05, 0) is 49.5 Å². The maximum absolute atomic E-state index is 13.2. The van der Waals surface area contributed by atoms with Crippen LogP contribution in [0.3, 0.4) is 0 Å². The molecule has 0 aromatic heterocycles. The molecule has 1 N–H and O–H groups in total. The van der Waals surface area contributed by atoms with Gasteiger partial charge in [0.15, 0.2) is 16.6 Å². The van der Waals surface area contributed by atoms with Crippen molar-refractivity contribution in [3.05, 3.63) is 65.7 Å². The fraction of sp³-hybridized carbons (Fsp3) is 0.273. The topological polar surface area (TPSA) is 60.0 Å². The van der Waals surface area contributed by atoms with Crippen LogP contribution < -0.4 is 19.7 Å². The first-order valence-electron chi connectivity index (χ1n) is 9.40. The van der Waals surface area contributed by atoms with E-state index in [0.29, 0.717) is 21.6 Å². The van der Waals surface area contributed by atoms with E-state index in [2.05, 4.69) is 11.9 Å². The molecule has 2 bridgehead atoms. The van der Waals surface area contributed by atoms with Gasteiger partial charge in [0.25, 0.3) is 0 Å². The van der Waals surface area contributed by atoms with E-state index in [-0.39, 0.29) is 6.61 Å². The number of anilines is 1. The Kier molecular flexibility index (Phi) is 5.34. The zero-order valence-corrected chi connectivity index (χ0v) is 18.1. The van der Waals surface area contributed by atoms with E-state index in [0.717, 1.165) is 11.3 Å². The summed E-state index contributed by atoms with van der Waals surface area (Å²) in [5.74, 6) is 0.0193. The molecule has 0 saturated carbocycles. The predicted octanol–water partition coefficient (Wildman–Crippen LogP) is 4.24. The van der Waals surface area contributed by atoms with Gasteiger partial charge in [-0.2, -0.15) is 0 Å². The number of fused-ring (bicyclic) bond motifs is 4.